The lowest BCUT2D eigenvalue weighted by Gasteiger charge is -1.86. The van der Waals surface area contributed by atoms with Crippen LogP contribution in [0.15, 0.2) is 0 Å². The first-order chi connectivity index (χ1) is 3.41. The third-order valence-electron chi connectivity index (χ3n) is 0.500. The van der Waals surface area contributed by atoms with Gasteiger partial charge in [0, 0.05) is 0 Å². The maximum Gasteiger partial charge on any atom is -0.00775 e. The molecule has 1 nitrogen and oxygen atoms in total. The summed E-state index contributed by atoms with van der Waals surface area (Å²) in [5.41, 5.74) is 0. The fraction of sp³-hybridized carbons (Fsp3) is 1.00. The summed E-state index contributed by atoms with van der Waals surface area (Å²) in [7, 11) is 0. The van der Waals surface area contributed by atoms with Crippen LogP contribution in [0.2, 0.25) is 0 Å². The van der Waals surface area contributed by atoms with E-state index in [1.165, 1.54) is 0 Å². The second-order valence-electron chi connectivity index (χ2n) is 0.957. The van der Waals surface area contributed by atoms with E-state index < -0.39 is 0 Å². The smallest absolute Gasteiger partial charge is 0.00775 e. The molecule has 46 valence electrons. The van der Waals surface area contributed by atoms with Crippen molar-refractivity contribution in [3.63, 3.8) is 0 Å². The lowest BCUT2D eigenvalue weighted by atomic mass is 10.7. The van der Waals surface area contributed by atoms with Gasteiger partial charge in [0.1, 0.15) is 0 Å². The Morgan fingerprint density at radius 2 is 1.29 bits per heavy atom. The van der Waals surface area contributed by atoms with Crippen molar-refractivity contribution in [1.82, 2.24) is 5.32 Å². The zero-order valence-corrected chi connectivity index (χ0v) is 5.91. The Balaban J connectivity index is 0. The van der Waals surface area contributed by atoms with Gasteiger partial charge in [0.2, 0.25) is 0 Å². The molecule has 0 radical (unpaired) electrons. The van der Waals surface area contributed by atoms with Crippen LogP contribution < -0.4 is 5.32 Å². The molecule has 1 heteroatoms. The highest BCUT2D eigenvalue weighted by Gasteiger charge is 1.62. The minimum absolute atomic E-state index is 1.09. The third-order valence-corrected chi connectivity index (χ3v) is 0.500. The predicted molar refractivity (Wildman–Crippen MR) is 35.6 cm³/mol. The average Bonchev–Trinajstić information content (AvgIpc) is 1.75. The van der Waals surface area contributed by atoms with Gasteiger partial charge in [-0.15, -0.1) is 0 Å². The zero-order valence-electron chi connectivity index (χ0n) is 5.91. The van der Waals surface area contributed by atoms with Gasteiger partial charge in [0.25, 0.3) is 0 Å². The summed E-state index contributed by atoms with van der Waals surface area (Å²) in [6.07, 6.45) is 0. The maximum atomic E-state index is 3.11. The molecular weight excluding hydrogens is 86.1 g/mol. The minimum Gasteiger partial charge on any atom is -0.317 e. The molecule has 0 aliphatic carbocycles. The van der Waals surface area contributed by atoms with Crippen LogP contribution in [0.3, 0.4) is 0 Å². The summed E-state index contributed by atoms with van der Waals surface area (Å²) in [4.78, 5) is 0. The zero-order chi connectivity index (χ0) is 6.12. The highest BCUT2D eigenvalue weighted by molar-refractivity contribution is 4.27. The molecule has 0 rings (SSSR count). The molecule has 0 aliphatic heterocycles. The maximum absolute atomic E-state index is 3.11. The normalized spacial score (nSPS) is 6.86. The number of nitrogens with one attached hydrogen (secondary N) is 1. The van der Waals surface area contributed by atoms with Gasteiger partial charge in [0.15, 0.2) is 0 Å². The van der Waals surface area contributed by atoms with Gasteiger partial charge in [-0.25, -0.2) is 0 Å². The molecule has 0 aromatic carbocycles. The molecule has 0 aromatic rings. The van der Waals surface area contributed by atoms with Crippen molar-refractivity contribution in [3.05, 3.63) is 0 Å². The van der Waals surface area contributed by atoms with Crippen LogP contribution in [0.5, 0.6) is 0 Å². The molecule has 0 fully saturated rings. The van der Waals surface area contributed by atoms with Crippen LogP contribution in [0.25, 0.3) is 0 Å². The number of hydrogen-bond acceptors (Lipinski definition) is 1. The predicted octanol–water partition coefficient (Wildman–Crippen LogP) is 1.64. The Kier molecular flexibility index (Phi) is 24.0. The van der Waals surface area contributed by atoms with Crippen molar-refractivity contribution in [2.24, 2.45) is 0 Å². The van der Waals surface area contributed by atoms with E-state index in [-0.39, 0.29) is 0 Å². The molecule has 0 atom stereocenters. The largest absolute Gasteiger partial charge is 0.317 e. The summed E-state index contributed by atoms with van der Waals surface area (Å²) < 4.78 is 0. The molecule has 0 aromatic heterocycles. The van der Waals surface area contributed by atoms with Gasteiger partial charge in [0.05, 0.1) is 0 Å². The molecule has 0 saturated heterocycles. The van der Waals surface area contributed by atoms with Crippen LogP contribution in [0.4, 0.5) is 0 Å². The highest BCUT2D eigenvalue weighted by Crippen LogP contribution is 1.47. The van der Waals surface area contributed by atoms with Crippen LogP contribution in [-0.4, -0.2) is 13.1 Å². The quantitative estimate of drug-likeness (QED) is 0.560. The van der Waals surface area contributed by atoms with Crippen molar-refractivity contribution in [3.8, 4) is 0 Å². The van der Waals surface area contributed by atoms with E-state index in [9.17, 15) is 0 Å². The van der Waals surface area contributed by atoms with Gasteiger partial charge in [-0.3, -0.25) is 0 Å². The van der Waals surface area contributed by atoms with Gasteiger partial charge >= 0.3 is 0 Å². The Hall–Kier alpha value is -0.0400. The summed E-state index contributed by atoms with van der Waals surface area (Å²) in [6, 6.07) is 0. The fourth-order valence-electron chi connectivity index (χ4n) is 0.250. The molecule has 0 heterocycles. The average molecular weight is 103 g/mol. The monoisotopic (exact) mass is 103 g/mol. The lowest BCUT2D eigenvalue weighted by Crippen LogP contribution is -2.09. The lowest BCUT2D eigenvalue weighted by molar-refractivity contribution is 0.762. The first kappa shape index (κ1) is 10.0. The first-order valence-corrected chi connectivity index (χ1v) is 3.12. The van der Waals surface area contributed by atoms with Crippen molar-refractivity contribution in [1.29, 1.82) is 0 Å². The van der Waals surface area contributed by atoms with Gasteiger partial charge in [-0.05, 0) is 13.1 Å². The minimum atomic E-state index is 1.09. The van der Waals surface area contributed by atoms with E-state index in [4.69, 9.17) is 0 Å². The SMILES string of the molecule is CC.CCNCC. The highest BCUT2D eigenvalue weighted by atomic mass is 14.8. The van der Waals surface area contributed by atoms with Crippen LogP contribution in [0, 0.1) is 0 Å². The molecule has 0 saturated carbocycles. The van der Waals surface area contributed by atoms with Crippen molar-refractivity contribution in [2.75, 3.05) is 13.1 Å². The van der Waals surface area contributed by atoms with E-state index in [0.29, 0.717) is 0 Å². The Morgan fingerprint density at radius 3 is 1.29 bits per heavy atom. The van der Waals surface area contributed by atoms with Crippen LogP contribution in [0.1, 0.15) is 27.7 Å². The van der Waals surface area contributed by atoms with Gasteiger partial charge in [-0.2, -0.15) is 0 Å². The van der Waals surface area contributed by atoms with Crippen molar-refractivity contribution >= 4 is 0 Å². The molecule has 0 amide bonds. The molecule has 0 bridgehead atoms. The number of hydrogen-bond donors (Lipinski definition) is 1. The topological polar surface area (TPSA) is 12.0 Å². The van der Waals surface area contributed by atoms with E-state index >= 15 is 0 Å². The van der Waals surface area contributed by atoms with Crippen molar-refractivity contribution in [2.45, 2.75) is 27.7 Å². The van der Waals surface area contributed by atoms with Gasteiger partial charge < -0.3 is 5.32 Å². The standard InChI is InChI=1S/C4H11N.C2H6/c1-3-5-4-2;1-2/h5H,3-4H2,1-2H3;1-2H3. The second-order valence-corrected chi connectivity index (χ2v) is 0.957. The molecule has 7 heavy (non-hydrogen) atoms. The second kappa shape index (κ2) is 16.7. The number of rotatable bonds is 2. The van der Waals surface area contributed by atoms with E-state index in [1.807, 2.05) is 13.8 Å². The van der Waals surface area contributed by atoms with Crippen LogP contribution >= 0.6 is 0 Å². The van der Waals surface area contributed by atoms with Crippen LogP contribution in [-0.2, 0) is 0 Å². The Morgan fingerprint density at radius 1 is 1.00 bits per heavy atom. The first-order valence-electron chi connectivity index (χ1n) is 3.12. The summed E-state index contributed by atoms with van der Waals surface area (Å²) >= 11 is 0. The van der Waals surface area contributed by atoms with Gasteiger partial charge in [-0.1, -0.05) is 27.7 Å². The molecule has 1 N–H and O–H groups in total. The summed E-state index contributed by atoms with van der Waals surface area (Å²) in [5, 5.41) is 3.11. The van der Waals surface area contributed by atoms with E-state index in [0.717, 1.165) is 13.1 Å². The fourth-order valence-corrected chi connectivity index (χ4v) is 0.250. The summed E-state index contributed by atoms with van der Waals surface area (Å²) in [5.74, 6) is 0. The molecule has 0 aliphatic rings. The third kappa shape index (κ3) is 24.3. The molecule has 0 unspecified atom stereocenters. The van der Waals surface area contributed by atoms with Crippen molar-refractivity contribution < 1.29 is 0 Å². The molecular formula is C6H17N. The Bertz CT molecular complexity index is 11.7. The van der Waals surface area contributed by atoms with E-state index in [2.05, 4.69) is 19.2 Å². The Labute approximate surface area is 47.1 Å². The summed E-state index contributed by atoms with van der Waals surface area (Å²) in [6.45, 7) is 10.4. The molecule has 0 spiro atoms. The van der Waals surface area contributed by atoms with E-state index in [1.54, 1.807) is 0 Å².